The van der Waals surface area contributed by atoms with Gasteiger partial charge in [-0.25, -0.2) is 0 Å². The molecule has 160 valence electrons. The van der Waals surface area contributed by atoms with Crippen LogP contribution in [-0.4, -0.2) is 13.0 Å². The van der Waals surface area contributed by atoms with Crippen LogP contribution >= 0.6 is 15.9 Å². The van der Waals surface area contributed by atoms with Crippen molar-refractivity contribution in [2.45, 2.75) is 26.4 Å². The first-order valence-corrected chi connectivity index (χ1v) is 10.9. The summed E-state index contributed by atoms with van der Waals surface area (Å²) in [6, 6.07) is 21.6. The number of amides is 1. The van der Waals surface area contributed by atoms with E-state index < -0.39 is 0 Å². The van der Waals surface area contributed by atoms with Crippen molar-refractivity contribution in [3.05, 3.63) is 94.0 Å². The van der Waals surface area contributed by atoms with Gasteiger partial charge >= 0.3 is 0 Å². The smallest absolute Gasteiger partial charge is 0.248 e. The molecule has 31 heavy (non-hydrogen) atoms. The van der Waals surface area contributed by atoms with Crippen molar-refractivity contribution in [1.82, 2.24) is 0 Å². The third-order valence-electron chi connectivity index (χ3n) is 4.75. The van der Waals surface area contributed by atoms with Crippen LogP contribution in [-0.2, 0) is 11.4 Å². The fourth-order valence-electron chi connectivity index (χ4n) is 3.01. The highest BCUT2D eigenvalue weighted by molar-refractivity contribution is 9.10. The average molecular weight is 480 g/mol. The molecule has 0 aromatic heterocycles. The van der Waals surface area contributed by atoms with Gasteiger partial charge in [0.15, 0.2) is 11.5 Å². The van der Waals surface area contributed by atoms with Crippen LogP contribution in [0, 0.1) is 0 Å². The lowest BCUT2D eigenvalue weighted by Crippen LogP contribution is -2.07. The molecule has 0 saturated carbocycles. The normalized spacial score (nSPS) is 11.0. The Balaban J connectivity index is 1.67. The monoisotopic (exact) mass is 479 g/mol. The topological polar surface area (TPSA) is 47.6 Å². The zero-order valence-corrected chi connectivity index (χ0v) is 19.5. The maximum atomic E-state index is 12.3. The van der Waals surface area contributed by atoms with Gasteiger partial charge in [-0.1, -0.05) is 56.3 Å². The predicted molar refractivity (Wildman–Crippen MR) is 130 cm³/mol. The second-order valence-corrected chi connectivity index (χ2v) is 8.26. The SMILES string of the molecule is COc1cc(/C=C/C(=O)Nc2ccc(C(C)C)cc2)cc(Br)c1OCc1ccccc1. The first kappa shape index (κ1) is 22.6. The quantitative estimate of drug-likeness (QED) is 0.360. The minimum atomic E-state index is -0.197. The van der Waals surface area contributed by atoms with Crippen molar-refractivity contribution in [2.75, 3.05) is 12.4 Å². The summed E-state index contributed by atoms with van der Waals surface area (Å²) in [6.07, 6.45) is 3.24. The number of carbonyl (C=O) groups is 1. The van der Waals surface area contributed by atoms with E-state index in [1.165, 1.54) is 11.6 Å². The molecule has 0 atom stereocenters. The highest BCUT2D eigenvalue weighted by atomic mass is 79.9. The van der Waals surface area contributed by atoms with Crippen molar-refractivity contribution in [2.24, 2.45) is 0 Å². The maximum absolute atomic E-state index is 12.3. The highest BCUT2D eigenvalue weighted by Crippen LogP contribution is 2.37. The van der Waals surface area contributed by atoms with Gasteiger partial charge in [0, 0.05) is 11.8 Å². The molecule has 3 aromatic rings. The Bertz CT molecular complexity index is 1040. The third kappa shape index (κ3) is 6.46. The van der Waals surface area contributed by atoms with E-state index in [4.69, 9.17) is 9.47 Å². The molecule has 0 bridgehead atoms. The first-order valence-electron chi connectivity index (χ1n) is 10.1. The van der Waals surface area contributed by atoms with Gasteiger partial charge < -0.3 is 14.8 Å². The molecule has 0 heterocycles. The van der Waals surface area contributed by atoms with Gasteiger partial charge in [0.2, 0.25) is 5.91 Å². The highest BCUT2D eigenvalue weighted by Gasteiger charge is 2.11. The second-order valence-electron chi connectivity index (χ2n) is 7.41. The molecular formula is C26H26BrNO3. The van der Waals surface area contributed by atoms with Crippen molar-refractivity contribution in [1.29, 1.82) is 0 Å². The van der Waals surface area contributed by atoms with E-state index >= 15 is 0 Å². The summed E-state index contributed by atoms with van der Waals surface area (Å²) in [5, 5.41) is 2.88. The fourth-order valence-corrected chi connectivity index (χ4v) is 3.59. The lowest BCUT2D eigenvalue weighted by atomic mass is 10.0. The zero-order valence-electron chi connectivity index (χ0n) is 17.9. The van der Waals surface area contributed by atoms with E-state index in [1.807, 2.05) is 66.7 Å². The number of anilines is 1. The summed E-state index contributed by atoms with van der Waals surface area (Å²) in [6.45, 7) is 4.71. The maximum Gasteiger partial charge on any atom is 0.248 e. The molecule has 0 fully saturated rings. The first-order chi connectivity index (χ1) is 15.0. The third-order valence-corrected chi connectivity index (χ3v) is 5.34. The van der Waals surface area contributed by atoms with Gasteiger partial charge in [-0.2, -0.15) is 0 Å². The predicted octanol–water partition coefficient (Wildman–Crippen LogP) is 6.81. The second kappa shape index (κ2) is 10.8. The number of hydrogen-bond donors (Lipinski definition) is 1. The fraction of sp³-hybridized carbons (Fsp3) is 0.192. The van der Waals surface area contributed by atoms with Crippen LogP contribution in [0.2, 0.25) is 0 Å². The van der Waals surface area contributed by atoms with E-state index in [-0.39, 0.29) is 5.91 Å². The van der Waals surface area contributed by atoms with Gasteiger partial charge in [-0.15, -0.1) is 0 Å². The molecule has 1 N–H and O–H groups in total. The van der Waals surface area contributed by atoms with Crippen LogP contribution in [0.3, 0.4) is 0 Å². The van der Waals surface area contributed by atoms with Crippen LogP contribution in [0.1, 0.15) is 36.5 Å². The number of hydrogen-bond acceptors (Lipinski definition) is 3. The van der Waals surface area contributed by atoms with E-state index in [0.29, 0.717) is 24.0 Å². The standard InChI is InChI=1S/C26H26BrNO3/c1-18(2)21-10-12-22(13-11-21)28-25(29)14-9-20-15-23(27)26(24(16-20)30-3)31-17-19-7-5-4-6-8-19/h4-16,18H,17H2,1-3H3,(H,28,29)/b14-9+. The van der Waals surface area contributed by atoms with Crippen LogP contribution in [0.15, 0.2) is 77.3 Å². The Labute approximate surface area is 192 Å². The largest absolute Gasteiger partial charge is 0.493 e. The number of halogens is 1. The molecule has 0 aliphatic heterocycles. The lowest BCUT2D eigenvalue weighted by molar-refractivity contribution is -0.111. The van der Waals surface area contributed by atoms with Crippen molar-refractivity contribution in [3.8, 4) is 11.5 Å². The molecular weight excluding hydrogens is 454 g/mol. The average Bonchev–Trinajstić information content (AvgIpc) is 2.77. The van der Waals surface area contributed by atoms with Gasteiger partial charge in [0.1, 0.15) is 6.61 Å². The van der Waals surface area contributed by atoms with Crippen molar-refractivity contribution in [3.63, 3.8) is 0 Å². The van der Waals surface area contributed by atoms with Crippen LogP contribution in [0.4, 0.5) is 5.69 Å². The Morgan fingerprint density at radius 2 is 1.77 bits per heavy atom. The lowest BCUT2D eigenvalue weighted by Gasteiger charge is -2.13. The van der Waals surface area contributed by atoms with Crippen LogP contribution in [0.25, 0.3) is 6.08 Å². The summed E-state index contributed by atoms with van der Waals surface area (Å²) in [5.41, 5.74) is 3.89. The minimum Gasteiger partial charge on any atom is -0.493 e. The number of ether oxygens (including phenoxy) is 2. The van der Waals surface area contributed by atoms with E-state index in [9.17, 15) is 4.79 Å². The Hall–Kier alpha value is -3.05. The summed E-state index contributed by atoms with van der Waals surface area (Å²) in [5.74, 6) is 1.47. The molecule has 1 amide bonds. The van der Waals surface area contributed by atoms with Crippen molar-refractivity contribution >= 4 is 33.6 Å². The van der Waals surface area contributed by atoms with Crippen LogP contribution in [0.5, 0.6) is 11.5 Å². The molecule has 0 aliphatic rings. The molecule has 0 spiro atoms. The van der Waals surface area contributed by atoms with Gasteiger partial charge in [-0.3, -0.25) is 4.79 Å². The summed E-state index contributed by atoms with van der Waals surface area (Å²) < 4.78 is 12.2. The Morgan fingerprint density at radius 1 is 1.06 bits per heavy atom. The number of nitrogens with one attached hydrogen (secondary N) is 1. The van der Waals surface area contributed by atoms with Crippen molar-refractivity contribution < 1.29 is 14.3 Å². The molecule has 3 aromatic carbocycles. The minimum absolute atomic E-state index is 0.197. The van der Waals surface area contributed by atoms with E-state index in [1.54, 1.807) is 13.2 Å². The number of methoxy groups -OCH3 is 1. The molecule has 0 radical (unpaired) electrons. The summed E-state index contributed by atoms with van der Waals surface area (Å²) in [4.78, 5) is 12.3. The molecule has 0 unspecified atom stereocenters. The van der Waals surface area contributed by atoms with Gasteiger partial charge in [0.05, 0.1) is 11.6 Å². The molecule has 0 aliphatic carbocycles. The molecule has 5 heteroatoms. The zero-order chi connectivity index (χ0) is 22.2. The van der Waals surface area contributed by atoms with Gasteiger partial charge in [0.25, 0.3) is 0 Å². The molecule has 4 nitrogen and oxygen atoms in total. The van der Waals surface area contributed by atoms with E-state index in [0.717, 1.165) is 21.3 Å². The summed E-state index contributed by atoms with van der Waals surface area (Å²) in [7, 11) is 1.60. The summed E-state index contributed by atoms with van der Waals surface area (Å²) >= 11 is 3.55. The number of benzene rings is 3. The molecule has 3 rings (SSSR count). The number of rotatable bonds is 8. The van der Waals surface area contributed by atoms with E-state index in [2.05, 4.69) is 35.1 Å². The molecule has 0 saturated heterocycles. The Kier molecular flexibility index (Phi) is 7.90. The number of carbonyl (C=O) groups excluding carboxylic acids is 1. The van der Waals surface area contributed by atoms with Gasteiger partial charge in [-0.05, 0) is 68.9 Å². The van der Waals surface area contributed by atoms with Crippen LogP contribution < -0.4 is 14.8 Å². The Morgan fingerprint density at radius 3 is 2.42 bits per heavy atom.